The van der Waals surface area contributed by atoms with Gasteiger partial charge in [0.2, 0.25) is 0 Å². The summed E-state index contributed by atoms with van der Waals surface area (Å²) in [6.45, 7) is 5.74. The van der Waals surface area contributed by atoms with Gasteiger partial charge in [-0.2, -0.15) is 0 Å². The van der Waals surface area contributed by atoms with Gasteiger partial charge in [0.05, 0.1) is 7.05 Å². The van der Waals surface area contributed by atoms with Gasteiger partial charge in [0.1, 0.15) is 0 Å². The highest BCUT2D eigenvalue weighted by Crippen LogP contribution is 2.09. The Morgan fingerprint density at radius 1 is 1.17 bits per heavy atom. The van der Waals surface area contributed by atoms with Crippen molar-refractivity contribution in [2.45, 2.75) is 32.4 Å². The van der Waals surface area contributed by atoms with E-state index in [4.69, 9.17) is 5.73 Å². The minimum absolute atomic E-state index is 0.0863. The molecule has 7 nitrogen and oxygen atoms in total. The van der Waals surface area contributed by atoms with Crippen molar-refractivity contribution in [2.75, 3.05) is 13.6 Å². The molecule has 0 fully saturated rings. The Morgan fingerprint density at radius 2 is 1.74 bits per heavy atom. The van der Waals surface area contributed by atoms with Crippen molar-refractivity contribution in [3.63, 3.8) is 0 Å². The van der Waals surface area contributed by atoms with Gasteiger partial charge in [0.25, 0.3) is 11.8 Å². The molecule has 0 saturated carbocycles. The molecule has 5 N–H and O–H groups in total. The summed E-state index contributed by atoms with van der Waals surface area (Å²) in [4.78, 5) is 36.0. The van der Waals surface area contributed by atoms with Crippen molar-refractivity contribution in [1.82, 2.24) is 10.6 Å². The lowest BCUT2D eigenvalue weighted by Gasteiger charge is -2.26. The molecule has 0 aliphatic carbocycles. The first kappa shape index (κ1) is 18.6. The maximum Gasteiger partial charge on any atom is 0.319 e. The first-order valence-electron chi connectivity index (χ1n) is 7.38. The summed E-state index contributed by atoms with van der Waals surface area (Å²) in [5, 5.41) is 4.94. The summed E-state index contributed by atoms with van der Waals surface area (Å²) in [7, 11) is 1.72. The van der Waals surface area contributed by atoms with E-state index >= 15 is 0 Å². The second kappa shape index (κ2) is 7.73. The van der Waals surface area contributed by atoms with Crippen LogP contribution in [0.1, 0.15) is 32.4 Å². The standard InChI is InChI=1S/C16H24N4O3/c1-16(2,3)19-12(21)10-20(4)13(14(22)18-15(17)23)11-8-6-5-7-9-11/h5-9,13H,10H2,1-4H3,(H,19,21)(H3,17,18,22,23)/p+1/t13-/m0/s1. The van der Waals surface area contributed by atoms with E-state index in [1.165, 1.54) is 0 Å². The topological polar surface area (TPSA) is 106 Å². The number of hydrogen-bond acceptors (Lipinski definition) is 3. The average molecular weight is 321 g/mol. The molecule has 1 aromatic rings. The molecule has 0 bridgehead atoms. The number of carbonyl (C=O) groups excluding carboxylic acids is 3. The van der Waals surface area contributed by atoms with E-state index < -0.39 is 18.0 Å². The third kappa shape index (κ3) is 6.48. The van der Waals surface area contributed by atoms with Gasteiger partial charge in [0.15, 0.2) is 12.6 Å². The van der Waals surface area contributed by atoms with E-state index in [9.17, 15) is 14.4 Å². The van der Waals surface area contributed by atoms with Crippen LogP contribution in [-0.2, 0) is 9.59 Å². The second-order valence-corrected chi connectivity index (χ2v) is 6.52. The maximum atomic E-state index is 12.3. The Kier molecular flexibility index (Phi) is 6.27. The molecule has 2 atom stereocenters. The van der Waals surface area contributed by atoms with Crippen LogP contribution in [0.4, 0.5) is 4.79 Å². The van der Waals surface area contributed by atoms with Crippen LogP contribution in [0, 0.1) is 0 Å². The van der Waals surface area contributed by atoms with Crippen LogP contribution in [0.5, 0.6) is 0 Å². The van der Waals surface area contributed by atoms with Gasteiger partial charge in [-0.15, -0.1) is 0 Å². The van der Waals surface area contributed by atoms with Gasteiger partial charge < -0.3 is 16.0 Å². The summed E-state index contributed by atoms with van der Waals surface area (Å²) in [5.74, 6) is -0.715. The number of amides is 4. The van der Waals surface area contributed by atoms with E-state index in [1.54, 1.807) is 31.3 Å². The third-order valence-corrected chi connectivity index (χ3v) is 3.09. The first-order chi connectivity index (χ1) is 10.6. The smallest absolute Gasteiger partial charge is 0.319 e. The zero-order valence-electron chi connectivity index (χ0n) is 14.0. The van der Waals surface area contributed by atoms with Crippen molar-refractivity contribution in [2.24, 2.45) is 5.73 Å². The number of rotatable bonds is 5. The monoisotopic (exact) mass is 321 g/mol. The Hall–Kier alpha value is -2.41. The van der Waals surface area contributed by atoms with E-state index in [-0.39, 0.29) is 18.0 Å². The molecule has 0 aliphatic heterocycles. The molecular weight excluding hydrogens is 296 g/mol. The lowest BCUT2D eigenvalue weighted by atomic mass is 10.0. The summed E-state index contributed by atoms with van der Waals surface area (Å²) in [5.41, 5.74) is 5.38. The lowest BCUT2D eigenvalue weighted by molar-refractivity contribution is -0.894. The number of benzene rings is 1. The molecule has 23 heavy (non-hydrogen) atoms. The number of urea groups is 1. The number of nitrogens with one attached hydrogen (secondary N) is 3. The Labute approximate surface area is 136 Å². The largest absolute Gasteiger partial charge is 0.351 e. The molecule has 126 valence electrons. The number of quaternary nitrogens is 1. The maximum absolute atomic E-state index is 12.3. The minimum Gasteiger partial charge on any atom is -0.351 e. The van der Waals surface area contributed by atoms with Crippen molar-refractivity contribution in [3.05, 3.63) is 35.9 Å². The summed E-state index contributed by atoms with van der Waals surface area (Å²) in [6.07, 6.45) is 0. The molecule has 4 amide bonds. The van der Waals surface area contributed by atoms with Crippen LogP contribution in [0.2, 0.25) is 0 Å². The van der Waals surface area contributed by atoms with E-state index in [1.807, 2.05) is 26.8 Å². The number of imide groups is 1. The lowest BCUT2D eigenvalue weighted by Crippen LogP contribution is -3.12. The zero-order chi connectivity index (χ0) is 17.6. The van der Waals surface area contributed by atoms with Crippen LogP contribution >= 0.6 is 0 Å². The van der Waals surface area contributed by atoms with Crippen molar-refractivity contribution in [1.29, 1.82) is 0 Å². The predicted octanol–water partition coefficient (Wildman–Crippen LogP) is -0.648. The average Bonchev–Trinajstić information content (AvgIpc) is 2.36. The van der Waals surface area contributed by atoms with Gasteiger partial charge >= 0.3 is 6.03 Å². The number of likely N-dealkylation sites (N-methyl/N-ethyl adjacent to an activating group) is 1. The molecule has 1 aromatic carbocycles. The highest BCUT2D eigenvalue weighted by molar-refractivity contribution is 5.96. The Bertz CT molecular complexity index is 566. The van der Waals surface area contributed by atoms with Crippen LogP contribution in [0.15, 0.2) is 30.3 Å². The first-order valence-corrected chi connectivity index (χ1v) is 7.38. The number of carbonyl (C=O) groups is 3. The predicted molar refractivity (Wildman–Crippen MR) is 86.6 cm³/mol. The zero-order valence-corrected chi connectivity index (χ0v) is 14.0. The molecule has 0 aromatic heterocycles. The Morgan fingerprint density at radius 3 is 2.22 bits per heavy atom. The van der Waals surface area contributed by atoms with Crippen molar-refractivity contribution < 1.29 is 19.3 Å². The normalized spacial score (nSPS) is 13.7. The van der Waals surface area contributed by atoms with E-state index in [0.717, 1.165) is 0 Å². The molecule has 1 unspecified atom stereocenters. The quantitative estimate of drug-likeness (QED) is 0.579. The fourth-order valence-corrected chi connectivity index (χ4v) is 2.32. The van der Waals surface area contributed by atoms with Crippen molar-refractivity contribution in [3.8, 4) is 0 Å². The van der Waals surface area contributed by atoms with Crippen LogP contribution < -0.4 is 21.3 Å². The molecule has 0 saturated heterocycles. The van der Waals surface area contributed by atoms with Crippen LogP contribution in [0.3, 0.4) is 0 Å². The van der Waals surface area contributed by atoms with Crippen LogP contribution in [-0.4, -0.2) is 37.0 Å². The third-order valence-electron chi connectivity index (χ3n) is 3.09. The molecular formula is C16H25N4O3+. The highest BCUT2D eigenvalue weighted by atomic mass is 16.2. The molecule has 1 rings (SSSR count). The van der Waals surface area contributed by atoms with Gasteiger partial charge in [-0.25, -0.2) is 4.79 Å². The molecule has 7 heteroatoms. The molecule has 0 spiro atoms. The fourth-order valence-electron chi connectivity index (χ4n) is 2.32. The molecule has 0 heterocycles. The highest BCUT2D eigenvalue weighted by Gasteiger charge is 2.31. The summed E-state index contributed by atoms with van der Waals surface area (Å²) < 4.78 is 0. The van der Waals surface area contributed by atoms with E-state index in [2.05, 4.69) is 10.6 Å². The van der Waals surface area contributed by atoms with Crippen LogP contribution in [0.25, 0.3) is 0 Å². The van der Waals surface area contributed by atoms with Gasteiger partial charge in [-0.3, -0.25) is 14.9 Å². The molecule has 0 radical (unpaired) electrons. The SMILES string of the molecule is C[NH+](CC(=O)NC(C)(C)C)[C@H](C(=O)NC(N)=O)c1ccccc1. The van der Waals surface area contributed by atoms with Gasteiger partial charge in [-0.05, 0) is 20.8 Å². The summed E-state index contributed by atoms with van der Waals surface area (Å²) in [6, 6.07) is 7.34. The van der Waals surface area contributed by atoms with Gasteiger partial charge in [0, 0.05) is 11.1 Å². The summed E-state index contributed by atoms with van der Waals surface area (Å²) >= 11 is 0. The number of primary amides is 1. The Balaban J connectivity index is 2.93. The second-order valence-electron chi connectivity index (χ2n) is 6.52. The number of hydrogen-bond donors (Lipinski definition) is 4. The minimum atomic E-state index is -0.914. The fraction of sp³-hybridized carbons (Fsp3) is 0.438. The molecule has 0 aliphatic rings. The number of nitrogens with two attached hydrogens (primary N) is 1. The van der Waals surface area contributed by atoms with Crippen molar-refractivity contribution >= 4 is 17.8 Å². The van der Waals surface area contributed by atoms with Gasteiger partial charge in [-0.1, -0.05) is 30.3 Å². The van der Waals surface area contributed by atoms with E-state index in [0.29, 0.717) is 10.5 Å².